The number of nitrogens with zero attached hydrogens (tertiary/aromatic N) is 1. The highest BCUT2D eigenvalue weighted by atomic mass is 16.5. The third-order valence-electron chi connectivity index (χ3n) is 5.01. The Labute approximate surface area is 124 Å². The summed E-state index contributed by atoms with van der Waals surface area (Å²) in [5, 5.41) is 7.56. The Bertz CT molecular complexity index is 256. The van der Waals surface area contributed by atoms with E-state index in [4.69, 9.17) is 4.74 Å². The summed E-state index contributed by atoms with van der Waals surface area (Å²) in [6.07, 6.45) is 8.35. The minimum Gasteiger partial charge on any atom is -0.383 e. The normalized spacial score (nSPS) is 31.1. The van der Waals surface area contributed by atoms with Crippen LogP contribution in [-0.2, 0) is 4.74 Å². The fraction of sp³-hybridized carbons (Fsp3) is 1.00. The molecule has 2 fully saturated rings. The minimum atomic E-state index is 0.737. The summed E-state index contributed by atoms with van der Waals surface area (Å²) in [4.78, 5) is 2.35. The highest BCUT2D eigenvalue weighted by Gasteiger charge is 2.33. The molecule has 0 aromatic carbocycles. The Balaban J connectivity index is 1.66. The van der Waals surface area contributed by atoms with Crippen molar-refractivity contribution >= 4 is 0 Å². The molecule has 118 valence electrons. The van der Waals surface area contributed by atoms with Crippen molar-refractivity contribution in [1.29, 1.82) is 0 Å². The molecule has 3 unspecified atom stereocenters. The van der Waals surface area contributed by atoms with Gasteiger partial charge in [0.25, 0.3) is 0 Å². The standard InChI is InChI=1S/C16H33N3O/c1-19(12-13-20-2)11-10-18-16-8-5-6-14(16)15-7-3-4-9-17-15/h14-18H,3-13H2,1-2H3. The van der Waals surface area contributed by atoms with E-state index in [2.05, 4.69) is 22.6 Å². The molecule has 2 N–H and O–H groups in total. The first-order valence-electron chi connectivity index (χ1n) is 8.45. The first-order valence-corrected chi connectivity index (χ1v) is 8.45. The molecule has 0 aromatic rings. The van der Waals surface area contributed by atoms with Gasteiger partial charge in [-0.2, -0.15) is 0 Å². The highest BCUT2D eigenvalue weighted by molar-refractivity contribution is 4.92. The van der Waals surface area contributed by atoms with Crippen LogP contribution in [0.25, 0.3) is 0 Å². The van der Waals surface area contributed by atoms with Crippen LogP contribution in [0.4, 0.5) is 0 Å². The van der Waals surface area contributed by atoms with E-state index in [0.717, 1.165) is 44.2 Å². The maximum atomic E-state index is 5.12. The molecule has 1 aliphatic heterocycles. The third-order valence-corrected chi connectivity index (χ3v) is 5.01. The lowest BCUT2D eigenvalue weighted by molar-refractivity contribution is 0.160. The van der Waals surface area contributed by atoms with E-state index >= 15 is 0 Å². The van der Waals surface area contributed by atoms with Gasteiger partial charge in [-0.15, -0.1) is 0 Å². The summed E-state index contributed by atoms with van der Waals surface area (Å²) < 4.78 is 5.12. The molecule has 2 rings (SSSR count). The zero-order valence-electron chi connectivity index (χ0n) is 13.4. The Hall–Kier alpha value is -0.160. The Morgan fingerprint density at radius 1 is 1.15 bits per heavy atom. The predicted octanol–water partition coefficient (Wildman–Crippen LogP) is 1.47. The Morgan fingerprint density at radius 3 is 2.80 bits per heavy atom. The number of ether oxygens (including phenoxy) is 1. The fourth-order valence-corrected chi connectivity index (χ4v) is 3.77. The van der Waals surface area contributed by atoms with Gasteiger partial charge in [-0.05, 0) is 45.2 Å². The average molecular weight is 283 g/mol. The van der Waals surface area contributed by atoms with Crippen molar-refractivity contribution in [3.63, 3.8) is 0 Å². The van der Waals surface area contributed by atoms with Gasteiger partial charge in [-0.1, -0.05) is 12.8 Å². The maximum absolute atomic E-state index is 5.12. The second kappa shape index (κ2) is 8.98. The lowest BCUT2D eigenvalue weighted by Gasteiger charge is -2.33. The van der Waals surface area contributed by atoms with E-state index in [-0.39, 0.29) is 0 Å². The molecule has 0 bridgehead atoms. The van der Waals surface area contributed by atoms with Gasteiger partial charge in [0.2, 0.25) is 0 Å². The molecule has 4 nitrogen and oxygen atoms in total. The van der Waals surface area contributed by atoms with Crippen LogP contribution >= 0.6 is 0 Å². The summed E-state index contributed by atoms with van der Waals surface area (Å²) in [5.41, 5.74) is 0. The van der Waals surface area contributed by atoms with E-state index in [1.54, 1.807) is 7.11 Å². The van der Waals surface area contributed by atoms with Crippen molar-refractivity contribution in [3.8, 4) is 0 Å². The molecular formula is C16H33N3O. The summed E-state index contributed by atoms with van der Waals surface area (Å²) in [7, 11) is 3.95. The van der Waals surface area contributed by atoms with Crippen molar-refractivity contribution in [3.05, 3.63) is 0 Å². The number of piperidine rings is 1. The summed E-state index contributed by atoms with van der Waals surface area (Å²) >= 11 is 0. The van der Waals surface area contributed by atoms with Crippen LogP contribution in [0.1, 0.15) is 38.5 Å². The maximum Gasteiger partial charge on any atom is 0.0589 e. The first-order chi connectivity index (χ1) is 9.81. The van der Waals surface area contributed by atoms with Crippen LogP contribution in [-0.4, -0.2) is 63.9 Å². The molecule has 0 aromatic heterocycles. The summed E-state index contributed by atoms with van der Waals surface area (Å²) in [6, 6.07) is 1.51. The van der Waals surface area contributed by atoms with Gasteiger partial charge in [0.15, 0.2) is 0 Å². The number of hydrogen-bond donors (Lipinski definition) is 2. The Morgan fingerprint density at radius 2 is 2.05 bits per heavy atom. The van der Waals surface area contributed by atoms with E-state index in [1.165, 1.54) is 45.1 Å². The number of methoxy groups -OCH3 is 1. The first kappa shape index (κ1) is 16.2. The van der Waals surface area contributed by atoms with Crippen LogP contribution in [0.3, 0.4) is 0 Å². The van der Waals surface area contributed by atoms with Crippen LogP contribution in [0.2, 0.25) is 0 Å². The van der Waals surface area contributed by atoms with E-state index in [0.29, 0.717) is 0 Å². The number of likely N-dealkylation sites (N-methyl/N-ethyl adjacent to an activating group) is 1. The fourth-order valence-electron chi connectivity index (χ4n) is 3.77. The van der Waals surface area contributed by atoms with Crippen LogP contribution < -0.4 is 10.6 Å². The molecule has 3 atom stereocenters. The van der Waals surface area contributed by atoms with Crippen LogP contribution in [0, 0.1) is 5.92 Å². The van der Waals surface area contributed by atoms with Crippen molar-refractivity contribution in [2.75, 3.05) is 46.9 Å². The van der Waals surface area contributed by atoms with Crippen molar-refractivity contribution in [2.24, 2.45) is 5.92 Å². The van der Waals surface area contributed by atoms with Crippen LogP contribution in [0.15, 0.2) is 0 Å². The van der Waals surface area contributed by atoms with Gasteiger partial charge in [0, 0.05) is 38.8 Å². The van der Waals surface area contributed by atoms with Gasteiger partial charge >= 0.3 is 0 Å². The van der Waals surface area contributed by atoms with E-state index < -0.39 is 0 Å². The predicted molar refractivity (Wildman–Crippen MR) is 84.1 cm³/mol. The quantitative estimate of drug-likeness (QED) is 0.707. The van der Waals surface area contributed by atoms with E-state index in [1.807, 2.05) is 0 Å². The van der Waals surface area contributed by atoms with Gasteiger partial charge in [-0.3, -0.25) is 0 Å². The average Bonchev–Trinajstić information content (AvgIpc) is 2.94. The van der Waals surface area contributed by atoms with Gasteiger partial charge in [0.1, 0.15) is 0 Å². The lowest BCUT2D eigenvalue weighted by atomic mass is 9.88. The molecule has 20 heavy (non-hydrogen) atoms. The smallest absolute Gasteiger partial charge is 0.0589 e. The molecule has 4 heteroatoms. The van der Waals surface area contributed by atoms with Crippen LogP contribution in [0.5, 0.6) is 0 Å². The number of rotatable bonds is 8. The SMILES string of the molecule is COCCN(C)CCNC1CCCC1C1CCCCN1. The highest BCUT2D eigenvalue weighted by Crippen LogP contribution is 2.31. The van der Waals surface area contributed by atoms with E-state index in [9.17, 15) is 0 Å². The van der Waals surface area contributed by atoms with Crippen molar-refractivity contribution in [2.45, 2.75) is 50.6 Å². The molecule has 0 amide bonds. The third kappa shape index (κ3) is 4.99. The second-order valence-electron chi connectivity index (χ2n) is 6.51. The molecule has 1 saturated heterocycles. The van der Waals surface area contributed by atoms with Crippen molar-refractivity contribution < 1.29 is 4.74 Å². The monoisotopic (exact) mass is 283 g/mol. The molecule has 0 spiro atoms. The molecule has 1 aliphatic carbocycles. The second-order valence-corrected chi connectivity index (χ2v) is 6.51. The number of nitrogens with one attached hydrogen (secondary N) is 2. The molecule has 1 saturated carbocycles. The summed E-state index contributed by atoms with van der Waals surface area (Å²) in [5.74, 6) is 0.861. The zero-order valence-corrected chi connectivity index (χ0v) is 13.4. The van der Waals surface area contributed by atoms with Gasteiger partial charge in [-0.25, -0.2) is 0 Å². The molecule has 2 aliphatic rings. The molecular weight excluding hydrogens is 250 g/mol. The molecule has 0 radical (unpaired) electrons. The summed E-state index contributed by atoms with van der Waals surface area (Å²) in [6.45, 7) is 5.30. The van der Waals surface area contributed by atoms with Gasteiger partial charge in [0.05, 0.1) is 6.61 Å². The minimum absolute atomic E-state index is 0.737. The lowest BCUT2D eigenvalue weighted by Crippen LogP contribution is -2.48. The number of hydrogen-bond acceptors (Lipinski definition) is 4. The largest absolute Gasteiger partial charge is 0.383 e. The van der Waals surface area contributed by atoms with Gasteiger partial charge < -0.3 is 20.3 Å². The zero-order chi connectivity index (χ0) is 14.2. The molecule has 1 heterocycles. The van der Waals surface area contributed by atoms with Crippen molar-refractivity contribution in [1.82, 2.24) is 15.5 Å². The topological polar surface area (TPSA) is 36.5 Å². The Kier molecular flexibility index (Phi) is 7.28.